The number of benzene rings is 17. The van der Waals surface area contributed by atoms with Crippen LogP contribution in [0, 0.1) is 0 Å². The lowest BCUT2D eigenvalue weighted by atomic mass is 10.0. The molecule has 638 valence electrons. The molecule has 15 heterocycles. The molecular formula is C120H68N18. The molecule has 0 spiro atoms. The third-order valence-electron chi connectivity index (χ3n) is 27.9. The molecule has 0 amide bonds. The Morgan fingerprint density at radius 3 is 0.935 bits per heavy atom. The summed E-state index contributed by atoms with van der Waals surface area (Å²) in [5, 5.41) is 17.6. The Morgan fingerprint density at radius 2 is 0.493 bits per heavy atom. The molecule has 0 fully saturated rings. The molecule has 0 atom stereocenters. The van der Waals surface area contributed by atoms with E-state index >= 15 is 0 Å². The van der Waals surface area contributed by atoms with Crippen LogP contribution in [0.1, 0.15) is 0 Å². The summed E-state index contributed by atoms with van der Waals surface area (Å²) in [5.41, 5.74) is 34.8. The van der Waals surface area contributed by atoms with E-state index in [-0.39, 0.29) is 0 Å². The first-order valence-electron chi connectivity index (χ1n) is 46.1. The molecule has 0 unspecified atom stereocenters. The number of hydrogen-bond acceptors (Lipinski definition) is 12. The van der Waals surface area contributed by atoms with Gasteiger partial charge in [0.05, 0.1) is 99.3 Å². The largest absolute Gasteiger partial charge is 0.309 e. The van der Waals surface area contributed by atoms with E-state index in [0.29, 0.717) is 17.5 Å². The van der Waals surface area contributed by atoms with Crippen molar-refractivity contribution in [2.45, 2.75) is 0 Å². The van der Waals surface area contributed by atoms with E-state index in [1.165, 1.54) is 75.9 Å². The number of fused-ring (bicyclic) bond motifs is 30. The monoisotopic (exact) mass is 1760 g/mol. The minimum atomic E-state index is 0.603. The normalized spacial score (nSPS) is 12.2. The van der Waals surface area contributed by atoms with Gasteiger partial charge in [0.15, 0.2) is 34.4 Å². The maximum atomic E-state index is 5.28. The zero-order valence-corrected chi connectivity index (χ0v) is 73.3. The van der Waals surface area contributed by atoms with Gasteiger partial charge in [-0.3, -0.25) is 18.2 Å². The SMILES string of the molecule is c1ccc(-c2nc(-c3ccccc3)nc(-c3cc4c5cc6c7ccccc7n(-c7ccccc7)c6cc5n5c6nc7ccccc7nc6c(c3)c45)n2)cc1.c1ccc(-n2c3ccccc3c3cc4c5cc(-c6cncnc6)cc6c7nc8ccccc8nc7n(c4cc32)c56)cc1.c1cncc(-c2ccc(-n3c4ccccc4c4cc5c6cccc7c8nc9ccccc9nc8n(c5cc43)c67)cc2)c1. The van der Waals surface area contributed by atoms with Crippen LogP contribution in [0.25, 0.3) is 287 Å². The van der Waals surface area contributed by atoms with E-state index in [4.69, 9.17) is 44.9 Å². The van der Waals surface area contributed by atoms with Crippen molar-refractivity contribution in [3.8, 4) is 73.5 Å². The molecule has 138 heavy (non-hydrogen) atoms. The van der Waals surface area contributed by atoms with Gasteiger partial charge in [-0.15, -0.1) is 0 Å². The van der Waals surface area contributed by atoms with Gasteiger partial charge in [0, 0.05) is 145 Å². The Morgan fingerprint density at radius 1 is 0.167 bits per heavy atom. The van der Waals surface area contributed by atoms with Gasteiger partial charge >= 0.3 is 0 Å². The van der Waals surface area contributed by atoms with E-state index in [1.54, 1.807) is 6.33 Å². The zero-order valence-electron chi connectivity index (χ0n) is 73.3. The second-order valence-electron chi connectivity index (χ2n) is 35.5. The van der Waals surface area contributed by atoms with Gasteiger partial charge in [0.25, 0.3) is 0 Å². The molecule has 0 aliphatic rings. The number of hydrogen-bond donors (Lipinski definition) is 0. The molecule has 15 aromatic heterocycles. The first-order valence-corrected chi connectivity index (χ1v) is 46.1. The lowest BCUT2D eigenvalue weighted by molar-refractivity contribution is 1.07. The molecule has 32 rings (SSSR count). The van der Waals surface area contributed by atoms with Gasteiger partial charge in [0.1, 0.15) is 22.9 Å². The lowest BCUT2D eigenvalue weighted by Crippen LogP contribution is -2.00. The summed E-state index contributed by atoms with van der Waals surface area (Å²) in [6, 6.07) is 134. The van der Waals surface area contributed by atoms with Gasteiger partial charge in [-0.1, -0.05) is 224 Å². The molecule has 0 aliphatic heterocycles. The number of nitrogens with zero attached hydrogens (tertiary/aromatic N) is 18. The van der Waals surface area contributed by atoms with Crippen molar-refractivity contribution in [1.29, 1.82) is 0 Å². The molecular weight excluding hydrogens is 1690 g/mol. The molecule has 17 aromatic carbocycles. The summed E-state index contributed by atoms with van der Waals surface area (Å²) in [6.07, 6.45) is 9.02. The molecule has 0 aliphatic carbocycles. The topological polar surface area (TPSA) is 183 Å². The number of rotatable bonds is 8. The average Bonchev–Trinajstić information content (AvgIpc) is 1.52. The molecule has 18 heteroatoms. The quantitative estimate of drug-likeness (QED) is 0.141. The maximum absolute atomic E-state index is 5.28. The third kappa shape index (κ3) is 11.1. The van der Waals surface area contributed by atoms with Gasteiger partial charge in [-0.05, 0) is 174 Å². The predicted molar refractivity (Wildman–Crippen MR) is 560 cm³/mol. The molecule has 18 nitrogen and oxygen atoms in total. The summed E-state index contributed by atoms with van der Waals surface area (Å²) in [7, 11) is 0. The van der Waals surface area contributed by atoms with E-state index in [0.717, 1.165) is 194 Å². The van der Waals surface area contributed by atoms with E-state index in [9.17, 15) is 0 Å². The Kier molecular flexibility index (Phi) is 15.9. The summed E-state index contributed by atoms with van der Waals surface area (Å²) in [5.74, 6) is 1.85. The average molecular weight is 1760 g/mol. The number of pyridine rings is 1. The van der Waals surface area contributed by atoms with Crippen molar-refractivity contribution in [3.05, 3.63) is 413 Å². The van der Waals surface area contributed by atoms with Crippen molar-refractivity contribution in [2.75, 3.05) is 0 Å². The van der Waals surface area contributed by atoms with E-state index < -0.39 is 0 Å². The Balaban J connectivity index is 0.0000000989. The summed E-state index contributed by atoms with van der Waals surface area (Å²) in [6.45, 7) is 0. The Bertz CT molecular complexity index is 10600. The second-order valence-corrected chi connectivity index (χ2v) is 35.5. The standard InChI is InChI=1S/C47H27N7.C37H21N5.C36H20N6/c1-4-14-28(15-5-1)44-50-45(29-16-6-2-7-17-29)52-46(51-44)30-24-35-34-26-33-32-20-10-13-23-39(32)53(31-18-8-3-9-19-31)40(33)27-41(34)54-43(35)36(25-30)42-47(54)49-38-22-12-11-21-37(38)48-42;1-4-13-32-25(8-1)28-19-29-26-9-5-10-27-35-37(40-31-12-3-2-11-30(31)39-35)42(36(26)27)34(29)20-33(28)41(32)24-16-14-22(15-17-24)23-7-6-18-38-21-23;1-2-8-23(9-3-1)41-31-13-7-4-10-24(31)25-16-26-27-14-21(22-18-37-20-38-19-22)15-28-34-36(40-30-12-6-5-11-29(30)39-34)42(35(27)28)33(26)17-32(25)41/h1-27H;1-21H;1-20H. The predicted octanol–water partition coefficient (Wildman–Crippen LogP) is 28.3. The highest BCUT2D eigenvalue weighted by Gasteiger charge is 2.30. The fraction of sp³-hybridized carbons (Fsp3) is 0. The van der Waals surface area contributed by atoms with Gasteiger partial charge < -0.3 is 13.7 Å². The highest BCUT2D eigenvalue weighted by molar-refractivity contribution is 6.30. The minimum Gasteiger partial charge on any atom is -0.309 e. The molecule has 0 saturated heterocycles. The van der Waals surface area contributed by atoms with Crippen LogP contribution in [0.15, 0.2) is 413 Å². The fourth-order valence-electron chi connectivity index (χ4n) is 21.9. The highest BCUT2D eigenvalue weighted by atomic mass is 15.1. The van der Waals surface area contributed by atoms with Crippen LogP contribution >= 0.6 is 0 Å². The second kappa shape index (κ2) is 29.1. The smallest absolute Gasteiger partial charge is 0.165 e. The summed E-state index contributed by atoms with van der Waals surface area (Å²) < 4.78 is 14.1. The number of aromatic nitrogens is 18. The van der Waals surface area contributed by atoms with Crippen molar-refractivity contribution in [3.63, 3.8) is 0 Å². The van der Waals surface area contributed by atoms with Crippen LogP contribution in [-0.2, 0) is 0 Å². The van der Waals surface area contributed by atoms with Crippen LogP contribution in [0.2, 0.25) is 0 Å². The zero-order chi connectivity index (χ0) is 90.1. The molecule has 0 N–H and O–H groups in total. The fourth-order valence-corrected chi connectivity index (χ4v) is 21.9. The molecule has 0 saturated carbocycles. The molecule has 32 aromatic rings. The van der Waals surface area contributed by atoms with Crippen LogP contribution < -0.4 is 0 Å². The van der Waals surface area contributed by atoms with Crippen molar-refractivity contribution < 1.29 is 0 Å². The van der Waals surface area contributed by atoms with Crippen LogP contribution in [-0.4, -0.2) is 86.7 Å². The van der Waals surface area contributed by atoms with Crippen LogP contribution in [0.3, 0.4) is 0 Å². The van der Waals surface area contributed by atoms with Crippen molar-refractivity contribution in [2.24, 2.45) is 0 Å². The van der Waals surface area contributed by atoms with Gasteiger partial charge in [0.2, 0.25) is 0 Å². The van der Waals surface area contributed by atoms with E-state index in [2.05, 4.69) is 285 Å². The molecule has 0 radical (unpaired) electrons. The first kappa shape index (κ1) is 75.5. The van der Waals surface area contributed by atoms with E-state index in [1.807, 2.05) is 164 Å². The van der Waals surface area contributed by atoms with Crippen LogP contribution in [0.4, 0.5) is 0 Å². The number of para-hydroxylation sites is 12. The summed E-state index contributed by atoms with van der Waals surface area (Å²) in [4.78, 5) is 59.2. The maximum Gasteiger partial charge on any atom is 0.165 e. The highest BCUT2D eigenvalue weighted by Crippen LogP contribution is 2.49. The molecule has 0 bridgehead atoms. The van der Waals surface area contributed by atoms with Gasteiger partial charge in [-0.25, -0.2) is 54.8 Å². The first-order chi connectivity index (χ1) is 68.4. The minimum absolute atomic E-state index is 0.603. The van der Waals surface area contributed by atoms with Gasteiger partial charge in [-0.2, -0.15) is 0 Å². The lowest BCUT2D eigenvalue weighted by Gasteiger charge is -2.09. The Labute approximate surface area is 781 Å². The summed E-state index contributed by atoms with van der Waals surface area (Å²) >= 11 is 0. The Hall–Kier alpha value is -19.2. The third-order valence-corrected chi connectivity index (χ3v) is 27.9. The van der Waals surface area contributed by atoms with Crippen molar-refractivity contribution in [1.82, 2.24) is 86.7 Å². The van der Waals surface area contributed by atoms with Crippen molar-refractivity contribution >= 4 is 214 Å². The van der Waals surface area contributed by atoms with Crippen LogP contribution in [0.5, 0.6) is 0 Å².